The van der Waals surface area contributed by atoms with Crippen molar-refractivity contribution in [1.82, 2.24) is 4.72 Å². The van der Waals surface area contributed by atoms with Gasteiger partial charge in [-0.2, -0.15) is 13.2 Å². The SMILES string of the molecule is O=S(=O)(NCc1ccco1)c1cccc(NS(=O)(=O)c2ccc(Cl)c(C(F)(F)F)c2)c1. The summed E-state index contributed by atoms with van der Waals surface area (Å²) in [6, 6.07) is 10.1. The Morgan fingerprint density at radius 3 is 2.26 bits per heavy atom. The first kappa shape index (κ1) is 23.1. The van der Waals surface area contributed by atoms with Crippen LogP contribution in [-0.4, -0.2) is 16.8 Å². The van der Waals surface area contributed by atoms with Crippen molar-refractivity contribution < 1.29 is 34.4 Å². The van der Waals surface area contributed by atoms with E-state index in [0.29, 0.717) is 11.8 Å². The maximum Gasteiger partial charge on any atom is 0.417 e. The van der Waals surface area contributed by atoms with E-state index in [4.69, 9.17) is 16.0 Å². The average molecular weight is 495 g/mol. The Bertz CT molecular complexity index is 1290. The number of hydrogen-bond donors (Lipinski definition) is 2. The van der Waals surface area contributed by atoms with Gasteiger partial charge in [0.15, 0.2) is 0 Å². The predicted molar refractivity (Wildman–Crippen MR) is 106 cm³/mol. The van der Waals surface area contributed by atoms with Crippen molar-refractivity contribution in [2.45, 2.75) is 22.5 Å². The lowest BCUT2D eigenvalue weighted by Crippen LogP contribution is -2.23. The van der Waals surface area contributed by atoms with Gasteiger partial charge in [-0.25, -0.2) is 21.6 Å². The molecule has 0 unspecified atom stereocenters. The number of anilines is 1. The first-order chi connectivity index (χ1) is 14.4. The van der Waals surface area contributed by atoms with Crippen LogP contribution in [0.2, 0.25) is 5.02 Å². The summed E-state index contributed by atoms with van der Waals surface area (Å²) in [5.74, 6) is 0.364. The first-order valence-electron chi connectivity index (χ1n) is 8.40. The lowest BCUT2D eigenvalue weighted by Gasteiger charge is -2.13. The van der Waals surface area contributed by atoms with E-state index in [1.165, 1.54) is 24.5 Å². The molecule has 0 aliphatic rings. The van der Waals surface area contributed by atoms with E-state index in [-0.39, 0.29) is 17.1 Å². The number of hydrogen-bond acceptors (Lipinski definition) is 5. The number of furan rings is 1. The Labute approximate surface area is 180 Å². The number of sulfonamides is 2. The highest BCUT2D eigenvalue weighted by molar-refractivity contribution is 7.92. The third-order valence-corrected chi connectivity index (χ3v) is 7.07. The fourth-order valence-electron chi connectivity index (χ4n) is 2.49. The van der Waals surface area contributed by atoms with Crippen LogP contribution in [0.5, 0.6) is 0 Å². The predicted octanol–water partition coefficient (Wildman–Crippen LogP) is 4.23. The van der Waals surface area contributed by atoms with E-state index in [0.717, 1.165) is 18.2 Å². The second-order valence-electron chi connectivity index (χ2n) is 6.18. The number of nitrogens with one attached hydrogen (secondary N) is 2. The zero-order valence-corrected chi connectivity index (χ0v) is 17.7. The van der Waals surface area contributed by atoms with Crippen LogP contribution in [0.15, 0.2) is 75.1 Å². The van der Waals surface area contributed by atoms with Gasteiger partial charge < -0.3 is 4.42 Å². The molecule has 0 aliphatic heterocycles. The fraction of sp³-hybridized carbons (Fsp3) is 0.111. The van der Waals surface area contributed by atoms with Gasteiger partial charge in [0.05, 0.1) is 38.9 Å². The Morgan fingerprint density at radius 1 is 0.903 bits per heavy atom. The van der Waals surface area contributed by atoms with Crippen LogP contribution in [0.25, 0.3) is 0 Å². The summed E-state index contributed by atoms with van der Waals surface area (Å²) in [7, 11) is -8.48. The minimum absolute atomic E-state index is 0.129. The van der Waals surface area contributed by atoms with E-state index >= 15 is 0 Å². The van der Waals surface area contributed by atoms with Crippen LogP contribution in [-0.2, 0) is 32.8 Å². The molecule has 7 nitrogen and oxygen atoms in total. The quantitative estimate of drug-likeness (QED) is 0.511. The summed E-state index contributed by atoms with van der Waals surface area (Å²) in [6.07, 6.45) is -3.48. The van der Waals surface area contributed by atoms with Gasteiger partial charge in [-0.05, 0) is 48.5 Å². The molecular formula is C18H14ClF3N2O5S2. The van der Waals surface area contributed by atoms with Crippen molar-refractivity contribution in [3.05, 3.63) is 77.2 Å². The molecule has 0 radical (unpaired) electrons. The summed E-state index contributed by atoms with van der Waals surface area (Å²) in [4.78, 5) is -0.945. The van der Waals surface area contributed by atoms with E-state index in [9.17, 15) is 30.0 Å². The van der Waals surface area contributed by atoms with E-state index in [1.54, 1.807) is 12.1 Å². The Hall–Kier alpha value is -2.54. The van der Waals surface area contributed by atoms with Crippen molar-refractivity contribution in [2.24, 2.45) is 0 Å². The molecule has 0 spiro atoms. The average Bonchev–Trinajstić information content (AvgIpc) is 3.19. The minimum atomic E-state index is -4.85. The van der Waals surface area contributed by atoms with E-state index < -0.39 is 41.7 Å². The van der Waals surface area contributed by atoms with Crippen LogP contribution in [0.4, 0.5) is 18.9 Å². The molecule has 0 bridgehead atoms. The monoisotopic (exact) mass is 494 g/mol. The molecule has 0 saturated carbocycles. The topological polar surface area (TPSA) is 105 Å². The van der Waals surface area contributed by atoms with Crippen molar-refractivity contribution in [3.63, 3.8) is 0 Å². The van der Waals surface area contributed by atoms with Crippen molar-refractivity contribution >= 4 is 37.3 Å². The van der Waals surface area contributed by atoms with Crippen LogP contribution >= 0.6 is 11.6 Å². The molecule has 1 aromatic heterocycles. The highest BCUT2D eigenvalue weighted by Crippen LogP contribution is 2.36. The third kappa shape index (κ3) is 5.58. The number of rotatable bonds is 7. The smallest absolute Gasteiger partial charge is 0.417 e. The molecule has 0 saturated heterocycles. The van der Waals surface area contributed by atoms with Gasteiger partial charge in [0, 0.05) is 0 Å². The molecule has 2 N–H and O–H groups in total. The molecule has 13 heteroatoms. The van der Waals surface area contributed by atoms with Crippen molar-refractivity contribution in [1.29, 1.82) is 0 Å². The minimum Gasteiger partial charge on any atom is -0.468 e. The lowest BCUT2D eigenvalue weighted by atomic mass is 10.2. The van der Waals surface area contributed by atoms with Gasteiger partial charge in [0.25, 0.3) is 10.0 Å². The molecule has 0 atom stereocenters. The van der Waals surface area contributed by atoms with Crippen LogP contribution in [0.3, 0.4) is 0 Å². The lowest BCUT2D eigenvalue weighted by molar-refractivity contribution is -0.137. The van der Waals surface area contributed by atoms with Crippen LogP contribution in [0, 0.1) is 0 Å². The molecule has 3 aromatic rings. The molecule has 0 aliphatic carbocycles. The molecular weight excluding hydrogens is 481 g/mol. The molecule has 31 heavy (non-hydrogen) atoms. The van der Waals surface area contributed by atoms with Crippen molar-refractivity contribution in [3.8, 4) is 0 Å². The summed E-state index contributed by atoms with van der Waals surface area (Å²) in [5.41, 5.74) is -1.47. The van der Waals surface area contributed by atoms with E-state index in [1.807, 2.05) is 0 Å². The van der Waals surface area contributed by atoms with Gasteiger partial charge in [-0.1, -0.05) is 17.7 Å². The normalized spacial score (nSPS) is 12.6. The molecule has 0 amide bonds. The Kier molecular flexibility index (Phi) is 6.37. The van der Waals surface area contributed by atoms with Crippen molar-refractivity contribution in [2.75, 3.05) is 4.72 Å². The zero-order valence-electron chi connectivity index (χ0n) is 15.4. The molecule has 3 rings (SSSR count). The first-order valence-corrected chi connectivity index (χ1v) is 11.7. The summed E-state index contributed by atoms with van der Waals surface area (Å²) in [6.45, 7) is -0.129. The highest BCUT2D eigenvalue weighted by atomic mass is 35.5. The molecule has 166 valence electrons. The van der Waals surface area contributed by atoms with Crippen LogP contribution < -0.4 is 9.44 Å². The number of benzene rings is 2. The van der Waals surface area contributed by atoms with Gasteiger partial charge >= 0.3 is 6.18 Å². The van der Waals surface area contributed by atoms with Crippen LogP contribution in [0.1, 0.15) is 11.3 Å². The largest absolute Gasteiger partial charge is 0.468 e. The standard InChI is InChI=1S/C18H14ClF3N2O5S2/c19-17-7-6-15(10-16(17)18(20,21)22)31(27,28)24-12-3-1-5-14(9-12)30(25,26)23-11-13-4-2-8-29-13/h1-10,23-24H,11H2. The van der Waals surface area contributed by atoms with E-state index in [2.05, 4.69) is 9.44 Å². The molecule has 2 aromatic carbocycles. The number of alkyl halides is 3. The van der Waals surface area contributed by atoms with Gasteiger partial charge in [-0.15, -0.1) is 0 Å². The third-order valence-electron chi connectivity index (χ3n) is 3.97. The number of halogens is 4. The zero-order chi connectivity index (χ0) is 22.9. The highest BCUT2D eigenvalue weighted by Gasteiger charge is 2.34. The van der Waals surface area contributed by atoms with Gasteiger partial charge in [-0.3, -0.25) is 4.72 Å². The fourth-order valence-corrected chi connectivity index (χ4v) is 4.83. The second kappa shape index (κ2) is 8.54. The Balaban J connectivity index is 1.85. The molecule has 0 fully saturated rings. The molecule has 1 heterocycles. The summed E-state index contributed by atoms with van der Waals surface area (Å²) in [5, 5.41) is -0.651. The maximum absolute atomic E-state index is 13.0. The second-order valence-corrected chi connectivity index (χ2v) is 10.0. The summed E-state index contributed by atoms with van der Waals surface area (Å²) < 4.78 is 98.4. The van der Waals surface area contributed by atoms with Gasteiger partial charge in [0.2, 0.25) is 10.0 Å². The summed E-state index contributed by atoms with van der Waals surface area (Å²) >= 11 is 5.51. The van der Waals surface area contributed by atoms with Gasteiger partial charge in [0.1, 0.15) is 5.76 Å². The maximum atomic E-state index is 13.0. The Morgan fingerprint density at radius 2 is 1.61 bits per heavy atom.